The van der Waals surface area contributed by atoms with Gasteiger partial charge >= 0.3 is 5.97 Å². The van der Waals surface area contributed by atoms with Crippen LogP contribution in [-0.4, -0.2) is 79.0 Å². The number of carbonyl (C=O) groups excluding carboxylic acids is 3. The van der Waals surface area contributed by atoms with E-state index in [1.54, 1.807) is 21.1 Å². The second-order valence-electron chi connectivity index (χ2n) is 9.97. The number of amides is 2. The molecule has 2 N–H and O–H groups in total. The van der Waals surface area contributed by atoms with Gasteiger partial charge in [-0.2, -0.15) is 0 Å². The summed E-state index contributed by atoms with van der Waals surface area (Å²) >= 11 is 14.2. The summed E-state index contributed by atoms with van der Waals surface area (Å²) in [6.07, 6.45) is 0.557. The van der Waals surface area contributed by atoms with Gasteiger partial charge < -0.3 is 29.5 Å². The van der Waals surface area contributed by atoms with Crippen LogP contribution < -0.4 is 5.32 Å². The van der Waals surface area contributed by atoms with E-state index in [0.29, 0.717) is 18.4 Å². The highest BCUT2D eigenvalue weighted by atomic mass is 127. The Morgan fingerprint density at radius 1 is 1.28 bits per heavy atom. The molecule has 1 saturated heterocycles. The maximum absolute atomic E-state index is 13.6. The van der Waals surface area contributed by atoms with Gasteiger partial charge in [-0.15, -0.1) is 0 Å². The molecular formula is C27H37Cl2IN2O7. The van der Waals surface area contributed by atoms with Gasteiger partial charge in [0, 0.05) is 27.0 Å². The first-order valence-electron chi connectivity index (χ1n) is 12.5. The lowest BCUT2D eigenvalue weighted by Crippen LogP contribution is -2.57. The largest absolute Gasteiger partial charge is 0.505 e. The number of aromatic hydroxyl groups is 1. The fourth-order valence-electron chi connectivity index (χ4n) is 4.54. The van der Waals surface area contributed by atoms with Crippen molar-refractivity contribution in [2.75, 3.05) is 21.3 Å². The molecule has 2 amide bonds. The number of carbonyl (C=O) groups is 3. The fraction of sp³-hybridized carbons (Fsp3) is 0.593. The number of hydrogen-bond acceptors (Lipinski definition) is 7. The van der Waals surface area contributed by atoms with Crippen LogP contribution in [0.15, 0.2) is 21.8 Å². The summed E-state index contributed by atoms with van der Waals surface area (Å²) in [6, 6.07) is 0.957. The third-order valence-electron chi connectivity index (χ3n) is 7.27. The third kappa shape index (κ3) is 8.00. The first kappa shape index (κ1) is 33.6. The Kier molecular flexibility index (Phi) is 12.4. The zero-order valence-electron chi connectivity index (χ0n) is 23.2. The summed E-state index contributed by atoms with van der Waals surface area (Å²) in [7, 11) is 4.40. The van der Waals surface area contributed by atoms with Crippen molar-refractivity contribution < 1.29 is 33.7 Å². The topological polar surface area (TPSA) is 118 Å². The highest BCUT2D eigenvalue weighted by Gasteiger charge is 2.61. The van der Waals surface area contributed by atoms with Crippen LogP contribution in [0.5, 0.6) is 5.75 Å². The third-order valence-corrected chi connectivity index (χ3v) is 8.83. The van der Waals surface area contributed by atoms with E-state index in [2.05, 4.69) is 27.9 Å². The Labute approximate surface area is 253 Å². The number of nitrogens with zero attached hydrogens (tertiary/aromatic N) is 1. The standard InChI is InChI=1S/C27H37Cl2IN2O7/c1-8-14(2)22(32(5)26(36)27(4)21(39-27)12-20(37-6)15(3)13-30)24(34)31-19(25(35)38-7)11-16-9-17(28)23(33)18(29)10-16/h9-10,13-14,19-22,33H,8,11-12H2,1-7H3,(H,31,34)/b15-13+/t14-,19+,20+,21-,22-,27+/m0/s1. The van der Waals surface area contributed by atoms with Crippen LogP contribution in [0.25, 0.3) is 0 Å². The second-order valence-corrected chi connectivity index (χ2v) is 11.4. The van der Waals surface area contributed by atoms with E-state index in [1.807, 2.05) is 24.9 Å². The van der Waals surface area contributed by atoms with Crippen LogP contribution in [-0.2, 0) is 35.0 Å². The van der Waals surface area contributed by atoms with Gasteiger partial charge in [0.15, 0.2) is 11.4 Å². The van der Waals surface area contributed by atoms with E-state index in [4.69, 9.17) is 37.4 Å². The average molecular weight is 699 g/mol. The number of likely N-dealkylation sites (N-methyl/N-ethyl adjacent to an activating group) is 1. The Morgan fingerprint density at radius 2 is 1.87 bits per heavy atom. The zero-order chi connectivity index (χ0) is 29.7. The molecular weight excluding hydrogens is 662 g/mol. The number of ether oxygens (including phenoxy) is 3. The van der Waals surface area contributed by atoms with Crippen molar-refractivity contribution in [1.29, 1.82) is 0 Å². The highest BCUT2D eigenvalue weighted by Crippen LogP contribution is 2.42. The van der Waals surface area contributed by atoms with Crippen LogP contribution >= 0.6 is 45.8 Å². The minimum absolute atomic E-state index is 0.00794. The number of rotatable bonds is 13. The summed E-state index contributed by atoms with van der Waals surface area (Å²) in [4.78, 5) is 41.2. The van der Waals surface area contributed by atoms with Crippen molar-refractivity contribution in [2.24, 2.45) is 5.92 Å². The Bertz CT molecular complexity index is 1080. The van der Waals surface area contributed by atoms with Crippen molar-refractivity contribution >= 4 is 63.6 Å². The molecule has 1 aromatic carbocycles. The molecule has 0 radical (unpaired) electrons. The van der Waals surface area contributed by atoms with Crippen molar-refractivity contribution in [3.63, 3.8) is 0 Å². The summed E-state index contributed by atoms with van der Waals surface area (Å²) in [6.45, 7) is 7.45. The number of phenols is 1. The normalized spacial score (nSPS) is 21.9. The molecule has 1 heterocycles. The predicted molar refractivity (Wildman–Crippen MR) is 158 cm³/mol. The Balaban J connectivity index is 2.24. The highest BCUT2D eigenvalue weighted by molar-refractivity contribution is 14.1. The number of benzene rings is 1. The zero-order valence-corrected chi connectivity index (χ0v) is 26.9. The van der Waals surface area contributed by atoms with Crippen LogP contribution in [0.1, 0.15) is 46.1 Å². The van der Waals surface area contributed by atoms with Gasteiger partial charge in [0.1, 0.15) is 12.1 Å². The van der Waals surface area contributed by atoms with E-state index in [9.17, 15) is 19.5 Å². The summed E-state index contributed by atoms with van der Waals surface area (Å²) in [5.41, 5.74) is 0.441. The van der Waals surface area contributed by atoms with Crippen LogP contribution in [0.3, 0.4) is 0 Å². The fourth-order valence-corrected chi connectivity index (χ4v) is 5.47. The molecule has 0 saturated carbocycles. The van der Waals surface area contributed by atoms with Crippen LogP contribution in [0.2, 0.25) is 10.0 Å². The van der Waals surface area contributed by atoms with E-state index < -0.39 is 29.6 Å². The molecule has 0 aliphatic carbocycles. The number of esters is 1. The molecule has 2 rings (SSSR count). The van der Waals surface area contributed by atoms with Gasteiger partial charge in [0.05, 0.1) is 29.4 Å². The quantitative estimate of drug-likeness (QED) is 0.175. The van der Waals surface area contributed by atoms with Crippen molar-refractivity contribution in [1.82, 2.24) is 10.2 Å². The predicted octanol–water partition coefficient (Wildman–Crippen LogP) is 4.67. The molecule has 0 unspecified atom stereocenters. The minimum atomic E-state index is -1.09. The maximum atomic E-state index is 13.6. The van der Waals surface area contributed by atoms with Gasteiger partial charge in [0.2, 0.25) is 5.91 Å². The van der Waals surface area contributed by atoms with E-state index in [-0.39, 0.29) is 46.2 Å². The monoisotopic (exact) mass is 698 g/mol. The molecule has 6 atom stereocenters. The lowest BCUT2D eigenvalue weighted by atomic mass is 9.93. The number of hydrogen-bond donors (Lipinski definition) is 2. The molecule has 218 valence electrons. The number of nitrogens with one attached hydrogen (secondary N) is 1. The average Bonchev–Trinajstić information content (AvgIpc) is 3.58. The number of phenolic OH excluding ortho intramolecular Hbond substituents is 1. The van der Waals surface area contributed by atoms with Gasteiger partial charge in [-0.1, -0.05) is 66.1 Å². The first-order chi connectivity index (χ1) is 18.2. The number of methoxy groups -OCH3 is 2. The summed E-state index contributed by atoms with van der Waals surface area (Å²) < 4.78 is 18.3. The molecule has 9 nitrogen and oxygen atoms in total. The van der Waals surface area contributed by atoms with Gasteiger partial charge in [-0.3, -0.25) is 9.59 Å². The summed E-state index contributed by atoms with van der Waals surface area (Å²) in [5.74, 6) is -2.02. The van der Waals surface area contributed by atoms with E-state index in [0.717, 1.165) is 5.57 Å². The van der Waals surface area contributed by atoms with Gasteiger partial charge in [-0.25, -0.2) is 4.79 Å². The smallest absolute Gasteiger partial charge is 0.328 e. The lowest BCUT2D eigenvalue weighted by molar-refractivity contribution is -0.148. The van der Waals surface area contributed by atoms with Crippen molar-refractivity contribution in [3.05, 3.63) is 37.4 Å². The first-order valence-corrected chi connectivity index (χ1v) is 14.5. The Hall–Kier alpha value is -1.60. The molecule has 0 aromatic heterocycles. The van der Waals surface area contributed by atoms with E-state index in [1.165, 1.54) is 24.1 Å². The van der Waals surface area contributed by atoms with Gasteiger partial charge in [-0.05, 0) is 47.1 Å². The molecule has 12 heteroatoms. The molecule has 1 aliphatic heterocycles. The van der Waals surface area contributed by atoms with Crippen LogP contribution in [0, 0.1) is 5.92 Å². The molecule has 39 heavy (non-hydrogen) atoms. The molecule has 1 fully saturated rings. The minimum Gasteiger partial charge on any atom is -0.505 e. The SMILES string of the molecule is CC[C@H](C)[C@@H](C(=O)N[C@H](Cc1cc(Cl)c(O)c(Cl)c1)C(=O)OC)N(C)C(=O)[C@]1(C)O[C@H]1C[C@@H](OC)/C(C)=C/I. The molecule has 0 spiro atoms. The Morgan fingerprint density at radius 3 is 2.36 bits per heavy atom. The summed E-state index contributed by atoms with van der Waals surface area (Å²) in [5, 5.41) is 12.6. The molecule has 0 bridgehead atoms. The van der Waals surface area contributed by atoms with Crippen LogP contribution in [0.4, 0.5) is 0 Å². The number of halogens is 3. The van der Waals surface area contributed by atoms with E-state index >= 15 is 0 Å². The molecule has 1 aliphatic rings. The number of epoxide rings is 1. The van der Waals surface area contributed by atoms with Crippen molar-refractivity contribution in [3.8, 4) is 5.75 Å². The van der Waals surface area contributed by atoms with Crippen molar-refractivity contribution in [2.45, 2.75) is 76.9 Å². The maximum Gasteiger partial charge on any atom is 0.328 e. The molecule has 1 aromatic rings. The van der Waals surface area contributed by atoms with Gasteiger partial charge in [0.25, 0.3) is 5.91 Å². The second kappa shape index (κ2) is 14.3. The lowest BCUT2D eigenvalue weighted by Gasteiger charge is -2.33.